The number of nitrogens with one attached hydrogen (secondary N) is 2. The lowest BCUT2D eigenvalue weighted by atomic mass is 9.94. The molecule has 5 aliphatic rings. The van der Waals surface area contributed by atoms with Crippen molar-refractivity contribution in [1.82, 2.24) is 10.6 Å². The van der Waals surface area contributed by atoms with Gasteiger partial charge in [-0.25, -0.2) is 5.90 Å². The van der Waals surface area contributed by atoms with Crippen molar-refractivity contribution in [1.29, 1.82) is 0 Å². The quantitative estimate of drug-likeness (QED) is 0.0639. The van der Waals surface area contributed by atoms with Crippen molar-refractivity contribution in [2.45, 2.75) is 167 Å². The number of hydrogen-bond donors (Lipinski definition) is 17. The summed E-state index contributed by atoms with van der Waals surface area (Å²) in [5, 5.41) is 153. The third kappa shape index (κ3) is 11.6. The van der Waals surface area contributed by atoms with Crippen molar-refractivity contribution in [2.24, 2.45) is 5.90 Å². The minimum Gasteiger partial charge on any atom is -0.394 e. The minimum absolute atomic E-state index is 0.517. The Morgan fingerprint density at radius 2 is 0.905 bits per heavy atom. The number of nitrogens with two attached hydrogens (primary N) is 1. The molecule has 18 N–H and O–H groups in total. The molecule has 0 unspecified atom stereocenters. The van der Waals surface area contributed by atoms with Crippen molar-refractivity contribution >= 4 is 11.8 Å². The highest BCUT2D eigenvalue weighted by Gasteiger charge is 2.56. The van der Waals surface area contributed by atoms with Gasteiger partial charge < -0.3 is 130 Å². The number of carbonyl (C=O) groups excluding carboxylic acids is 2. The van der Waals surface area contributed by atoms with E-state index in [1.165, 1.54) is 0 Å². The van der Waals surface area contributed by atoms with E-state index in [-0.39, 0.29) is 0 Å². The number of hydrogen-bond acceptors (Lipinski definition) is 27. The lowest BCUT2D eigenvalue weighted by Gasteiger charge is -2.50. The van der Waals surface area contributed by atoms with Gasteiger partial charge in [-0.2, -0.15) is 0 Å². The van der Waals surface area contributed by atoms with E-state index >= 15 is 0 Å². The second-order valence-electron chi connectivity index (χ2n) is 15.6. The number of rotatable bonds is 16. The van der Waals surface area contributed by atoms with Crippen molar-refractivity contribution < 1.29 is 129 Å². The third-order valence-corrected chi connectivity index (χ3v) is 11.2. The molecular weight excluding hydrogens is 866 g/mol. The van der Waals surface area contributed by atoms with Crippen LogP contribution >= 0.6 is 0 Å². The standard InChI is InChI=1S/C34H59N3O26/c1-8(41)36-15-20(46)28(14(7-55-35)56-30(15)53)61-31-16(37-9(2)42)21(47)27(12(5-40)59-31)62-34-26(52)29(63-33-25(51)23(49)18(44)11(4-39)58-33)19(45)13(60-34)6-54-32-24(50)22(48)17(43)10(3-38)57-32/h10-34,38-40,43-53H,3-7,35H2,1-2H3,(H,36,41)(H,37,42)/t10-,11-,12-,13-,14-,15-,16-,17-,18-,19-,20-,21-,22+,23+,24+,25+,26+,27-,28-,29+,30-,31+,32+,33-,34+/m1/s1. The Bertz CT molecular complexity index is 1460. The van der Waals surface area contributed by atoms with Gasteiger partial charge in [-0.1, -0.05) is 0 Å². The highest BCUT2D eigenvalue weighted by atomic mass is 16.8. The summed E-state index contributed by atoms with van der Waals surface area (Å²) in [6, 6.07) is -3.17. The van der Waals surface area contributed by atoms with Crippen LogP contribution in [0.25, 0.3) is 0 Å². The van der Waals surface area contributed by atoms with Crippen LogP contribution in [-0.2, 0) is 57.1 Å². The summed E-state index contributed by atoms with van der Waals surface area (Å²) in [6.45, 7) is -1.93. The number of carbonyl (C=O) groups is 2. The van der Waals surface area contributed by atoms with E-state index in [2.05, 4.69) is 15.5 Å². The van der Waals surface area contributed by atoms with Crippen LogP contribution in [0, 0.1) is 0 Å². The third-order valence-electron chi connectivity index (χ3n) is 11.2. The Kier molecular flexibility index (Phi) is 18.6. The van der Waals surface area contributed by atoms with Crippen LogP contribution in [0.2, 0.25) is 0 Å². The molecule has 2 amide bonds. The van der Waals surface area contributed by atoms with E-state index in [1.54, 1.807) is 0 Å². The van der Waals surface area contributed by atoms with E-state index in [1.807, 2.05) is 0 Å². The number of aliphatic hydroxyl groups is 14. The molecule has 0 aromatic carbocycles. The predicted molar refractivity (Wildman–Crippen MR) is 193 cm³/mol. The van der Waals surface area contributed by atoms with E-state index in [4.69, 9.17) is 48.5 Å². The molecule has 0 aliphatic carbocycles. The summed E-state index contributed by atoms with van der Waals surface area (Å²) in [5.74, 6) is 3.75. The molecule has 0 spiro atoms. The normalized spacial score (nSPS) is 48.4. The fourth-order valence-electron chi connectivity index (χ4n) is 7.81. The maximum Gasteiger partial charge on any atom is 0.217 e. The SMILES string of the molecule is CC(=O)N[C@@H]1[C@@H](O)[C@H](O[C@@H]2O[C@H](CO)[C@@H](O[C@@H]3O[C@H](CO[C@H]4O[C@H](CO)[C@@H](O)[C@H](O)[C@@H]4O)[C@@H](O)[C@H](O[C@H]4O[C@H](CO)[C@@H](O)[C@H](O)[C@@H]4O)[C@@H]3O)[C@H](O)[C@H]2NC(C)=O)[C@@H](CON)O[C@H]1O. The molecule has 25 atom stereocenters. The fourth-order valence-corrected chi connectivity index (χ4v) is 7.81. The Morgan fingerprint density at radius 3 is 1.46 bits per heavy atom. The van der Waals surface area contributed by atoms with Crippen LogP contribution in [0.4, 0.5) is 0 Å². The van der Waals surface area contributed by atoms with Crippen LogP contribution in [-0.4, -0.2) is 270 Å². The molecule has 5 rings (SSSR count). The summed E-state index contributed by atoms with van der Waals surface area (Å²) in [5.41, 5.74) is 0. The fraction of sp³-hybridized carbons (Fsp3) is 0.941. The zero-order chi connectivity index (χ0) is 46.6. The Morgan fingerprint density at radius 1 is 0.460 bits per heavy atom. The van der Waals surface area contributed by atoms with Gasteiger partial charge in [0.1, 0.15) is 122 Å². The molecule has 63 heavy (non-hydrogen) atoms. The molecule has 29 nitrogen and oxygen atoms in total. The summed E-state index contributed by atoms with van der Waals surface area (Å²) >= 11 is 0. The summed E-state index contributed by atoms with van der Waals surface area (Å²) < 4.78 is 51.2. The van der Waals surface area contributed by atoms with Gasteiger partial charge in [0, 0.05) is 13.8 Å². The molecular formula is C34H59N3O26. The van der Waals surface area contributed by atoms with Gasteiger partial charge in [0.25, 0.3) is 0 Å². The molecule has 5 heterocycles. The maximum atomic E-state index is 12.5. The zero-order valence-electron chi connectivity index (χ0n) is 33.7. The first-order valence-electron chi connectivity index (χ1n) is 19.8. The second-order valence-corrected chi connectivity index (χ2v) is 15.6. The minimum atomic E-state index is -2.18. The second kappa shape index (κ2) is 22.6. The predicted octanol–water partition coefficient (Wildman–Crippen LogP) is -11.7. The summed E-state index contributed by atoms with van der Waals surface area (Å²) in [6.07, 6.45) is -42.0. The lowest BCUT2D eigenvalue weighted by molar-refractivity contribution is -0.384. The Labute approximate surface area is 357 Å². The molecule has 0 saturated carbocycles. The van der Waals surface area contributed by atoms with Gasteiger partial charge in [0.05, 0.1) is 33.0 Å². The zero-order valence-corrected chi connectivity index (χ0v) is 33.7. The van der Waals surface area contributed by atoms with E-state index in [0.717, 1.165) is 13.8 Å². The largest absolute Gasteiger partial charge is 0.394 e. The smallest absolute Gasteiger partial charge is 0.217 e. The van der Waals surface area contributed by atoms with Crippen LogP contribution in [0.5, 0.6) is 0 Å². The van der Waals surface area contributed by atoms with Crippen LogP contribution in [0.3, 0.4) is 0 Å². The van der Waals surface area contributed by atoms with Gasteiger partial charge in [0.15, 0.2) is 31.5 Å². The molecule has 5 aliphatic heterocycles. The van der Waals surface area contributed by atoms with Gasteiger partial charge in [-0.05, 0) is 0 Å². The van der Waals surface area contributed by atoms with Crippen LogP contribution in [0.15, 0.2) is 0 Å². The van der Waals surface area contributed by atoms with Crippen LogP contribution in [0.1, 0.15) is 13.8 Å². The Hall–Kier alpha value is -2.06. The van der Waals surface area contributed by atoms with Crippen LogP contribution < -0.4 is 16.5 Å². The summed E-state index contributed by atoms with van der Waals surface area (Å²) in [4.78, 5) is 29.0. The molecule has 366 valence electrons. The van der Waals surface area contributed by atoms with E-state index in [0.29, 0.717) is 0 Å². The molecule has 5 saturated heterocycles. The van der Waals surface area contributed by atoms with Gasteiger partial charge in [0.2, 0.25) is 11.8 Å². The topological polar surface area (TPSA) is 460 Å². The molecule has 0 aromatic rings. The average molecular weight is 926 g/mol. The first kappa shape index (κ1) is 51.9. The van der Waals surface area contributed by atoms with Crippen molar-refractivity contribution in [3.8, 4) is 0 Å². The molecule has 0 bridgehead atoms. The highest BCUT2D eigenvalue weighted by molar-refractivity contribution is 5.73. The van der Waals surface area contributed by atoms with Crippen molar-refractivity contribution in [3.05, 3.63) is 0 Å². The monoisotopic (exact) mass is 925 g/mol. The van der Waals surface area contributed by atoms with Crippen molar-refractivity contribution in [3.63, 3.8) is 0 Å². The summed E-state index contributed by atoms with van der Waals surface area (Å²) in [7, 11) is 0. The molecule has 5 fully saturated rings. The lowest BCUT2D eigenvalue weighted by Crippen LogP contribution is -2.70. The first-order valence-corrected chi connectivity index (χ1v) is 19.8. The van der Waals surface area contributed by atoms with Gasteiger partial charge >= 0.3 is 0 Å². The number of aliphatic hydroxyl groups excluding tert-OH is 14. The van der Waals surface area contributed by atoms with Crippen molar-refractivity contribution in [2.75, 3.05) is 33.0 Å². The molecule has 29 heteroatoms. The average Bonchev–Trinajstić information content (AvgIpc) is 3.24. The Balaban J connectivity index is 1.42. The highest BCUT2D eigenvalue weighted by Crippen LogP contribution is 2.35. The molecule has 0 aromatic heterocycles. The number of amides is 2. The number of ether oxygens (including phenoxy) is 9. The van der Waals surface area contributed by atoms with Gasteiger partial charge in [-0.3, -0.25) is 9.59 Å². The van der Waals surface area contributed by atoms with E-state index < -0.39 is 198 Å². The first-order chi connectivity index (χ1) is 29.8. The van der Waals surface area contributed by atoms with E-state index in [9.17, 15) is 81.1 Å². The maximum absolute atomic E-state index is 12.5. The molecule has 0 radical (unpaired) electrons. The van der Waals surface area contributed by atoms with Gasteiger partial charge in [-0.15, -0.1) is 0 Å².